The Morgan fingerprint density at radius 2 is 2.00 bits per heavy atom. The Hall–Kier alpha value is -0.860. The fraction of sp³-hybridized carbons (Fsp3) is 0.538. The summed E-state index contributed by atoms with van der Waals surface area (Å²) in [5, 5.41) is 12.4. The molecule has 0 saturated heterocycles. The first-order valence-electron chi connectivity index (χ1n) is 5.77. The van der Waals surface area contributed by atoms with Gasteiger partial charge in [-0.25, -0.2) is 0 Å². The first kappa shape index (κ1) is 12.2. The Kier molecular flexibility index (Phi) is 6.05. The molecule has 1 unspecified atom stereocenters. The van der Waals surface area contributed by atoms with E-state index in [4.69, 9.17) is 5.11 Å². The van der Waals surface area contributed by atoms with Crippen molar-refractivity contribution < 1.29 is 5.11 Å². The quantitative estimate of drug-likeness (QED) is 0.720. The third-order valence-electron chi connectivity index (χ3n) is 2.49. The maximum atomic E-state index is 8.86. The van der Waals surface area contributed by atoms with Crippen molar-refractivity contribution in [1.82, 2.24) is 5.32 Å². The molecule has 0 bridgehead atoms. The summed E-state index contributed by atoms with van der Waals surface area (Å²) in [7, 11) is 0. The number of aliphatic hydroxyl groups excluding tert-OH is 1. The molecule has 0 aliphatic rings. The number of hydrogen-bond donors (Lipinski definition) is 2. The summed E-state index contributed by atoms with van der Waals surface area (Å²) in [4.78, 5) is 0. The van der Waals surface area contributed by atoms with Crippen LogP contribution in [-0.4, -0.2) is 18.3 Å². The fourth-order valence-corrected chi connectivity index (χ4v) is 1.69. The van der Waals surface area contributed by atoms with E-state index in [1.807, 2.05) is 6.07 Å². The molecule has 0 spiro atoms. The lowest BCUT2D eigenvalue weighted by Gasteiger charge is -2.18. The summed E-state index contributed by atoms with van der Waals surface area (Å²) in [6.07, 6.45) is 3.00. The van der Waals surface area contributed by atoms with E-state index >= 15 is 0 Å². The standard InChI is InChI=1S/C13H21NO/c1-2-10-14-13(9-6-11-15)12-7-4-3-5-8-12/h3-5,7-8,13-15H,2,6,9-11H2,1H3. The second-order valence-electron chi connectivity index (χ2n) is 3.78. The van der Waals surface area contributed by atoms with Gasteiger partial charge in [0, 0.05) is 12.6 Å². The van der Waals surface area contributed by atoms with Gasteiger partial charge in [0.1, 0.15) is 0 Å². The molecule has 15 heavy (non-hydrogen) atoms. The number of aliphatic hydroxyl groups is 1. The molecule has 0 saturated carbocycles. The zero-order valence-electron chi connectivity index (χ0n) is 9.45. The number of hydrogen-bond acceptors (Lipinski definition) is 2. The molecule has 84 valence electrons. The van der Waals surface area contributed by atoms with Gasteiger partial charge < -0.3 is 10.4 Å². The molecule has 0 fully saturated rings. The van der Waals surface area contributed by atoms with Crippen LogP contribution in [0.15, 0.2) is 30.3 Å². The van der Waals surface area contributed by atoms with Crippen molar-refractivity contribution in [3.05, 3.63) is 35.9 Å². The third-order valence-corrected chi connectivity index (χ3v) is 2.49. The van der Waals surface area contributed by atoms with Crippen LogP contribution in [-0.2, 0) is 0 Å². The molecule has 0 heterocycles. The molecule has 1 aromatic carbocycles. The van der Waals surface area contributed by atoms with Crippen LogP contribution in [0.2, 0.25) is 0 Å². The normalized spacial score (nSPS) is 12.7. The molecule has 0 aliphatic carbocycles. The monoisotopic (exact) mass is 207 g/mol. The lowest BCUT2D eigenvalue weighted by atomic mass is 10.0. The average molecular weight is 207 g/mol. The predicted octanol–water partition coefficient (Wildman–Crippen LogP) is 2.50. The second kappa shape index (κ2) is 7.43. The van der Waals surface area contributed by atoms with Crippen LogP contribution in [0.3, 0.4) is 0 Å². The lowest BCUT2D eigenvalue weighted by molar-refractivity contribution is 0.275. The van der Waals surface area contributed by atoms with Crippen LogP contribution >= 0.6 is 0 Å². The van der Waals surface area contributed by atoms with Gasteiger partial charge >= 0.3 is 0 Å². The van der Waals surface area contributed by atoms with Crippen LogP contribution in [0.25, 0.3) is 0 Å². The minimum absolute atomic E-state index is 0.275. The lowest BCUT2D eigenvalue weighted by Crippen LogP contribution is -2.22. The van der Waals surface area contributed by atoms with Gasteiger partial charge in [-0.15, -0.1) is 0 Å². The number of rotatable bonds is 7. The van der Waals surface area contributed by atoms with E-state index < -0.39 is 0 Å². The van der Waals surface area contributed by atoms with Gasteiger partial charge in [0.05, 0.1) is 0 Å². The van der Waals surface area contributed by atoms with Crippen molar-refractivity contribution >= 4 is 0 Å². The Balaban J connectivity index is 2.55. The number of benzene rings is 1. The van der Waals surface area contributed by atoms with Gasteiger partial charge in [-0.1, -0.05) is 37.3 Å². The molecule has 0 amide bonds. The molecular formula is C13H21NO. The Morgan fingerprint density at radius 3 is 2.60 bits per heavy atom. The maximum absolute atomic E-state index is 8.86. The Morgan fingerprint density at radius 1 is 1.27 bits per heavy atom. The molecular weight excluding hydrogens is 186 g/mol. The van der Waals surface area contributed by atoms with E-state index in [9.17, 15) is 0 Å². The topological polar surface area (TPSA) is 32.3 Å². The highest BCUT2D eigenvalue weighted by atomic mass is 16.2. The Labute approximate surface area is 92.3 Å². The minimum atomic E-state index is 0.275. The van der Waals surface area contributed by atoms with Gasteiger partial charge in [-0.05, 0) is 31.4 Å². The molecule has 1 aromatic rings. The van der Waals surface area contributed by atoms with Crippen molar-refractivity contribution in [2.45, 2.75) is 32.2 Å². The van der Waals surface area contributed by atoms with Gasteiger partial charge in [-0.3, -0.25) is 0 Å². The third kappa shape index (κ3) is 4.45. The van der Waals surface area contributed by atoms with Crippen molar-refractivity contribution in [3.63, 3.8) is 0 Å². The van der Waals surface area contributed by atoms with E-state index in [2.05, 4.69) is 36.5 Å². The average Bonchev–Trinajstić information content (AvgIpc) is 2.30. The first-order chi connectivity index (χ1) is 7.38. The van der Waals surface area contributed by atoms with Crippen LogP contribution < -0.4 is 5.32 Å². The Bertz CT molecular complexity index is 240. The molecule has 2 nitrogen and oxygen atoms in total. The van der Waals surface area contributed by atoms with Gasteiger partial charge in [0.2, 0.25) is 0 Å². The molecule has 0 aliphatic heterocycles. The molecule has 2 heteroatoms. The van der Waals surface area contributed by atoms with E-state index in [1.165, 1.54) is 5.56 Å². The highest BCUT2D eigenvalue weighted by Gasteiger charge is 2.08. The minimum Gasteiger partial charge on any atom is -0.396 e. The highest BCUT2D eigenvalue weighted by molar-refractivity contribution is 5.18. The van der Waals surface area contributed by atoms with E-state index in [-0.39, 0.29) is 6.61 Å². The van der Waals surface area contributed by atoms with Crippen LogP contribution in [0, 0.1) is 0 Å². The molecule has 0 radical (unpaired) electrons. The SMILES string of the molecule is CCCNC(CCCO)c1ccccc1. The van der Waals surface area contributed by atoms with Crippen molar-refractivity contribution in [3.8, 4) is 0 Å². The molecule has 0 aromatic heterocycles. The summed E-state index contributed by atoms with van der Waals surface area (Å²) >= 11 is 0. The van der Waals surface area contributed by atoms with Crippen LogP contribution in [0.5, 0.6) is 0 Å². The molecule has 1 rings (SSSR count). The van der Waals surface area contributed by atoms with Crippen molar-refractivity contribution in [2.75, 3.05) is 13.2 Å². The van der Waals surface area contributed by atoms with Gasteiger partial charge in [0.25, 0.3) is 0 Å². The van der Waals surface area contributed by atoms with Gasteiger partial charge in [-0.2, -0.15) is 0 Å². The smallest absolute Gasteiger partial charge is 0.0431 e. The largest absolute Gasteiger partial charge is 0.396 e. The van der Waals surface area contributed by atoms with E-state index in [0.717, 1.165) is 25.8 Å². The van der Waals surface area contributed by atoms with Crippen LogP contribution in [0.1, 0.15) is 37.8 Å². The second-order valence-corrected chi connectivity index (χ2v) is 3.78. The predicted molar refractivity (Wildman–Crippen MR) is 63.8 cm³/mol. The van der Waals surface area contributed by atoms with Crippen molar-refractivity contribution in [2.24, 2.45) is 0 Å². The summed E-state index contributed by atoms with van der Waals surface area (Å²) in [5.41, 5.74) is 1.32. The fourth-order valence-electron chi connectivity index (χ4n) is 1.69. The summed E-state index contributed by atoms with van der Waals surface area (Å²) in [6, 6.07) is 10.8. The summed E-state index contributed by atoms with van der Waals surface area (Å²) < 4.78 is 0. The molecule has 1 atom stereocenters. The zero-order chi connectivity index (χ0) is 10.9. The highest BCUT2D eigenvalue weighted by Crippen LogP contribution is 2.17. The molecule has 2 N–H and O–H groups in total. The van der Waals surface area contributed by atoms with Crippen LogP contribution in [0.4, 0.5) is 0 Å². The van der Waals surface area contributed by atoms with Gasteiger partial charge in [0.15, 0.2) is 0 Å². The van der Waals surface area contributed by atoms with Crippen molar-refractivity contribution in [1.29, 1.82) is 0 Å². The first-order valence-corrected chi connectivity index (χ1v) is 5.77. The summed E-state index contributed by atoms with van der Waals surface area (Å²) in [6.45, 7) is 3.48. The number of nitrogens with one attached hydrogen (secondary N) is 1. The van der Waals surface area contributed by atoms with E-state index in [1.54, 1.807) is 0 Å². The zero-order valence-corrected chi connectivity index (χ0v) is 9.45. The maximum Gasteiger partial charge on any atom is 0.0431 e. The van der Waals surface area contributed by atoms with E-state index in [0.29, 0.717) is 6.04 Å². The summed E-state index contributed by atoms with van der Waals surface area (Å²) in [5.74, 6) is 0.